The second kappa shape index (κ2) is 8.79. The fourth-order valence-corrected chi connectivity index (χ4v) is 4.41. The molecule has 0 spiro atoms. The van der Waals surface area contributed by atoms with Crippen LogP contribution in [0.4, 0.5) is 0 Å². The van der Waals surface area contributed by atoms with Gasteiger partial charge in [0, 0.05) is 22.8 Å². The Morgan fingerprint density at radius 3 is 2.62 bits per heavy atom. The van der Waals surface area contributed by atoms with Gasteiger partial charge in [-0.2, -0.15) is 16.8 Å². The molecular weight excluding hydrogens is 384 g/mol. The number of hydrogen-bond donors (Lipinski definition) is 0. The van der Waals surface area contributed by atoms with E-state index in [1.54, 1.807) is 30.6 Å². The molecule has 3 aromatic rings. The van der Waals surface area contributed by atoms with E-state index in [2.05, 4.69) is 15.8 Å². The first-order chi connectivity index (χ1) is 12.7. The van der Waals surface area contributed by atoms with Gasteiger partial charge in [0.2, 0.25) is 0 Å². The Balaban J connectivity index is 2.05. The number of benzene rings is 2. The number of rotatable bonds is 6. The van der Waals surface area contributed by atoms with Gasteiger partial charge >= 0.3 is 0 Å². The molecule has 2 aromatic carbocycles. The van der Waals surface area contributed by atoms with Crippen LogP contribution >= 0.6 is 34.9 Å². The van der Waals surface area contributed by atoms with Crippen molar-refractivity contribution in [3.8, 4) is 5.75 Å². The molecule has 26 heavy (non-hydrogen) atoms. The van der Waals surface area contributed by atoms with Gasteiger partial charge in [0.1, 0.15) is 5.75 Å². The molecule has 0 saturated carbocycles. The minimum atomic E-state index is -0.214. The molecule has 0 saturated heterocycles. The zero-order valence-corrected chi connectivity index (χ0v) is 17.3. The molecular formula is C19H20N2O2S3. The minimum absolute atomic E-state index is 0.214. The van der Waals surface area contributed by atoms with Crippen molar-refractivity contribution < 1.29 is 9.53 Å². The second-order valence-electron chi connectivity index (χ2n) is 5.51. The van der Waals surface area contributed by atoms with E-state index in [9.17, 15) is 4.79 Å². The van der Waals surface area contributed by atoms with Crippen LogP contribution in [0.1, 0.15) is 10.4 Å². The predicted molar refractivity (Wildman–Crippen MR) is 113 cm³/mol. The first-order valence-electron chi connectivity index (χ1n) is 8.05. The summed E-state index contributed by atoms with van der Waals surface area (Å²) in [6.45, 7) is 0.811. The third-order valence-corrected chi connectivity index (χ3v) is 6.32. The van der Waals surface area contributed by atoms with Gasteiger partial charge in [-0.1, -0.05) is 11.3 Å². The fourth-order valence-electron chi connectivity index (χ4n) is 2.55. The molecule has 7 heteroatoms. The van der Waals surface area contributed by atoms with Crippen molar-refractivity contribution in [2.24, 2.45) is 4.99 Å². The van der Waals surface area contributed by atoms with Crippen molar-refractivity contribution in [1.82, 2.24) is 4.57 Å². The van der Waals surface area contributed by atoms with Gasteiger partial charge in [-0.05, 0) is 55.0 Å². The lowest BCUT2D eigenvalue weighted by Crippen LogP contribution is -2.18. The van der Waals surface area contributed by atoms with Crippen molar-refractivity contribution in [3.05, 3.63) is 52.8 Å². The highest BCUT2D eigenvalue weighted by atomic mass is 32.2. The van der Waals surface area contributed by atoms with Crippen LogP contribution in [0.3, 0.4) is 0 Å². The minimum Gasteiger partial charge on any atom is -0.497 e. The quantitative estimate of drug-likeness (QED) is 0.566. The van der Waals surface area contributed by atoms with Crippen molar-refractivity contribution in [2.75, 3.05) is 25.4 Å². The number of aryl methyl sites for hydroxylation is 1. The standard InChI is InChI=1S/C19H20N2O2S3/c1-23-14-6-9-16-17(12-14)26-19(21(16)10-11-24-2)20-18(22)13-4-7-15(25-3)8-5-13/h4-9,12H,10-11H2,1-3H3. The van der Waals surface area contributed by atoms with E-state index in [1.165, 1.54) is 11.3 Å². The van der Waals surface area contributed by atoms with Crippen LogP contribution in [0.2, 0.25) is 0 Å². The molecule has 0 fully saturated rings. The Morgan fingerprint density at radius 1 is 1.19 bits per heavy atom. The monoisotopic (exact) mass is 404 g/mol. The maximum Gasteiger partial charge on any atom is 0.279 e. The lowest BCUT2D eigenvalue weighted by molar-refractivity contribution is 0.0998. The molecule has 4 nitrogen and oxygen atoms in total. The molecule has 0 N–H and O–H groups in total. The highest BCUT2D eigenvalue weighted by molar-refractivity contribution is 7.98. The number of nitrogens with zero attached hydrogens (tertiary/aromatic N) is 2. The zero-order valence-electron chi connectivity index (χ0n) is 14.9. The van der Waals surface area contributed by atoms with Crippen LogP contribution < -0.4 is 9.54 Å². The number of aromatic nitrogens is 1. The maximum absolute atomic E-state index is 12.6. The van der Waals surface area contributed by atoms with Gasteiger partial charge in [0.15, 0.2) is 4.80 Å². The van der Waals surface area contributed by atoms with Crippen LogP contribution in [0, 0.1) is 0 Å². The largest absolute Gasteiger partial charge is 0.497 e. The molecule has 1 amide bonds. The van der Waals surface area contributed by atoms with Crippen LogP contribution in [-0.2, 0) is 6.54 Å². The average Bonchev–Trinajstić information content (AvgIpc) is 3.02. The summed E-state index contributed by atoms with van der Waals surface area (Å²) in [5.74, 6) is 1.55. The van der Waals surface area contributed by atoms with Gasteiger partial charge in [-0.15, -0.1) is 11.8 Å². The Labute approximate surface area is 165 Å². The third-order valence-electron chi connectivity index (χ3n) is 3.94. The number of carbonyl (C=O) groups excluding carboxylic acids is 1. The van der Waals surface area contributed by atoms with Crippen molar-refractivity contribution in [3.63, 3.8) is 0 Å². The first kappa shape index (κ1) is 19.1. The molecule has 0 bridgehead atoms. The van der Waals surface area contributed by atoms with Crippen LogP contribution in [0.5, 0.6) is 5.75 Å². The Kier molecular flexibility index (Phi) is 6.45. The number of thiazole rings is 1. The normalized spacial score (nSPS) is 11.9. The number of amides is 1. The molecule has 0 atom stereocenters. The van der Waals surface area contributed by atoms with E-state index >= 15 is 0 Å². The van der Waals surface area contributed by atoms with Gasteiger partial charge in [-0.3, -0.25) is 4.79 Å². The lowest BCUT2D eigenvalue weighted by atomic mass is 10.2. The smallest absolute Gasteiger partial charge is 0.279 e. The number of methoxy groups -OCH3 is 1. The van der Waals surface area contributed by atoms with Gasteiger partial charge in [0.25, 0.3) is 5.91 Å². The topological polar surface area (TPSA) is 43.6 Å². The SMILES string of the molecule is COc1ccc2c(c1)sc(=NC(=O)c1ccc(SC)cc1)n2CCSC. The number of fused-ring (bicyclic) bond motifs is 1. The van der Waals surface area contributed by atoms with Crippen LogP contribution in [0.25, 0.3) is 10.2 Å². The van der Waals surface area contributed by atoms with E-state index in [0.29, 0.717) is 5.56 Å². The highest BCUT2D eigenvalue weighted by Crippen LogP contribution is 2.23. The summed E-state index contributed by atoms with van der Waals surface area (Å²) in [7, 11) is 1.66. The van der Waals surface area contributed by atoms with Gasteiger partial charge in [0.05, 0.1) is 17.3 Å². The van der Waals surface area contributed by atoms with Crippen molar-refractivity contribution in [1.29, 1.82) is 0 Å². The Morgan fingerprint density at radius 2 is 1.96 bits per heavy atom. The fraction of sp³-hybridized carbons (Fsp3) is 0.263. The van der Waals surface area contributed by atoms with Gasteiger partial charge in [-0.25, -0.2) is 0 Å². The molecule has 0 aliphatic carbocycles. The first-order valence-corrected chi connectivity index (χ1v) is 11.5. The lowest BCUT2D eigenvalue weighted by Gasteiger charge is -2.04. The number of hydrogen-bond acceptors (Lipinski definition) is 5. The summed E-state index contributed by atoms with van der Waals surface area (Å²) in [5, 5.41) is 0. The number of thioether (sulfide) groups is 2. The van der Waals surface area contributed by atoms with Crippen molar-refractivity contribution >= 4 is 51.0 Å². The highest BCUT2D eigenvalue weighted by Gasteiger charge is 2.10. The van der Waals surface area contributed by atoms with Crippen molar-refractivity contribution in [2.45, 2.75) is 11.4 Å². The van der Waals surface area contributed by atoms with E-state index < -0.39 is 0 Å². The zero-order chi connectivity index (χ0) is 18.5. The van der Waals surface area contributed by atoms with E-state index in [-0.39, 0.29) is 5.91 Å². The molecule has 136 valence electrons. The van der Waals surface area contributed by atoms with Crippen LogP contribution in [0.15, 0.2) is 52.4 Å². The summed E-state index contributed by atoms with van der Waals surface area (Å²) in [6.07, 6.45) is 4.09. The number of carbonyl (C=O) groups is 1. The summed E-state index contributed by atoms with van der Waals surface area (Å²) in [4.78, 5) is 18.9. The Bertz CT molecular complexity index is 975. The van der Waals surface area contributed by atoms with Gasteiger partial charge < -0.3 is 9.30 Å². The summed E-state index contributed by atoms with van der Waals surface area (Å²) >= 11 is 4.94. The Hall–Kier alpha value is -1.70. The predicted octanol–water partition coefficient (Wildman–Crippen LogP) is 4.54. The molecule has 0 aliphatic heterocycles. The maximum atomic E-state index is 12.6. The summed E-state index contributed by atoms with van der Waals surface area (Å²) < 4.78 is 8.50. The third kappa shape index (κ3) is 4.16. The molecule has 0 unspecified atom stereocenters. The van der Waals surface area contributed by atoms with E-state index in [4.69, 9.17) is 4.74 Å². The molecule has 3 rings (SSSR count). The second-order valence-corrected chi connectivity index (χ2v) is 8.38. The van der Waals surface area contributed by atoms with Crippen LogP contribution in [-0.4, -0.2) is 35.8 Å². The molecule has 1 aromatic heterocycles. The molecule has 0 aliphatic rings. The average molecular weight is 405 g/mol. The van der Waals surface area contributed by atoms with E-state index in [1.807, 2.05) is 48.7 Å². The summed E-state index contributed by atoms with van der Waals surface area (Å²) in [6, 6.07) is 13.5. The molecule has 0 radical (unpaired) electrons. The summed E-state index contributed by atoms with van der Waals surface area (Å²) in [5.41, 5.74) is 1.68. The van der Waals surface area contributed by atoms with E-state index in [0.717, 1.165) is 38.0 Å². The number of ether oxygens (including phenoxy) is 1. The molecule has 1 heterocycles.